The second-order valence-corrected chi connectivity index (χ2v) is 3.91. The third-order valence-electron chi connectivity index (χ3n) is 2.46. The molecule has 2 heterocycles. The third kappa shape index (κ3) is 4.32. The monoisotopic (exact) mass is 250 g/mol. The van der Waals surface area contributed by atoms with Gasteiger partial charge in [-0.25, -0.2) is 0 Å². The molecule has 3 heteroatoms. The van der Waals surface area contributed by atoms with Gasteiger partial charge in [0.15, 0.2) is 0 Å². The Bertz CT molecular complexity index is 571. The molecule has 94 valence electrons. The molecule has 0 aromatic carbocycles. The minimum atomic E-state index is 0.420. The Morgan fingerprint density at radius 3 is 2.53 bits per heavy atom. The van der Waals surface area contributed by atoms with Crippen LogP contribution in [0.1, 0.15) is 23.4 Å². The van der Waals surface area contributed by atoms with Crippen LogP contribution in [0.25, 0.3) is 18.2 Å². The van der Waals surface area contributed by atoms with Crippen molar-refractivity contribution in [1.82, 2.24) is 9.97 Å². The Labute approximate surface area is 112 Å². The van der Waals surface area contributed by atoms with Gasteiger partial charge in [0.1, 0.15) is 6.29 Å². The molecular weight excluding hydrogens is 236 g/mol. The van der Waals surface area contributed by atoms with Crippen molar-refractivity contribution in [3.8, 4) is 0 Å². The Morgan fingerprint density at radius 2 is 1.84 bits per heavy atom. The Morgan fingerprint density at radius 1 is 0.947 bits per heavy atom. The van der Waals surface area contributed by atoms with Crippen LogP contribution in [0, 0.1) is 0 Å². The molecule has 0 aliphatic heterocycles. The number of nitrogens with zero attached hydrogens (tertiary/aromatic N) is 2. The van der Waals surface area contributed by atoms with Crippen molar-refractivity contribution in [2.75, 3.05) is 0 Å². The molecule has 0 unspecified atom stereocenters. The average molecular weight is 250 g/mol. The standard InChI is InChI=1S/C16H14N2O/c19-12-4-2-6-16-10-8-14(13-18-16)7-9-15-5-1-3-11-17-15/h1-3,5-13H,4H2/b6-2+,9-7+. The van der Waals surface area contributed by atoms with E-state index in [2.05, 4.69) is 9.97 Å². The summed E-state index contributed by atoms with van der Waals surface area (Å²) in [5, 5.41) is 0. The van der Waals surface area contributed by atoms with E-state index in [1.165, 1.54) is 0 Å². The number of hydrogen-bond acceptors (Lipinski definition) is 3. The van der Waals surface area contributed by atoms with Gasteiger partial charge < -0.3 is 4.79 Å². The fourth-order valence-electron chi connectivity index (χ4n) is 1.51. The number of rotatable bonds is 5. The van der Waals surface area contributed by atoms with E-state index >= 15 is 0 Å². The van der Waals surface area contributed by atoms with Crippen LogP contribution in [0.15, 0.2) is 48.8 Å². The Kier molecular flexibility index (Phi) is 4.76. The smallest absolute Gasteiger partial charge is 0.123 e. The van der Waals surface area contributed by atoms with Crippen LogP contribution in [-0.2, 0) is 4.79 Å². The summed E-state index contributed by atoms with van der Waals surface area (Å²) < 4.78 is 0. The predicted octanol–water partition coefficient (Wildman–Crippen LogP) is 3.25. The van der Waals surface area contributed by atoms with E-state index in [4.69, 9.17) is 0 Å². The summed E-state index contributed by atoms with van der Waals surface area (Å²) in [7, 11) is 0. The Balaban J connectivity index is 2.02. The zero-order valence-electron chi connectivity index (χ0n) is 10.4. The Hall–Kier alpha value is -2.55. The summed E-state index contributed by atoms with van der Waals surface area (Å²) in [4.78, 5) is 18.7. The van der Waals surface area contributed by atoms with E-state index in [1.54, 1.807) is 18.5 Å². The molecule has 0 saturated heterocycles. The second kappa shape index (κ2) is 7.01. The van der Waals surface area contributed by atoms with Crippen LogP contribution < -0.4 is 0 Å². The van der Waals surface area contributed by atoms with Gasteiger partial charge >= 0.3 is 0 Å². The van der Waals surface area contributed by atoms with E-state index in [0.29, 0.717) is 6.42 Å². The van der Waals surface area contributed by atoms with Gasteiger partial charge in [-0.15, -0.1) is 0 Å². The summed E-state index contributed by atoms with van der Waals surface area (Å²) in [6.45, 7) is 0. The number of aldehydes is 1. The van der Waals surface area contributed by atoms with Crippen molar-refractivity contribution in [1.29, 1.82) is 0 Å². The van der Waals surface area contributed by atoms with E-state index in [9.17, 15) is 4.79 Å². The highest BCUT2D eigenvalue weighted by atomic mass is 16.1. The minimum absolute atomic E-state index is 0.420. The number of carbonyl (C=O) groups is 1. The molecule has 0 aliphatic carbocycles. The number of allylic oxidation sites excluding steroid dienone is 1. The van der Waals surface area contributed by atoms with Gasteiger partial charge in [0, 0.05) is 18.8 Å². The first kappa shape index (κ1) is 12.9. The van der Waals surface area contributed by atoms with E-state index in [0.717, 1.165) is 23.2 Å². The van der Waals surface area contributed by atoms with Crippen LogP contribution in [0.4, 0.5) is 0 Å². The fraction of sp³-hybridized carbons (Fsp3) is 0.0625. The van der Waals surface area contributed by atoms with Crippen LogP contribution in [0.3, 0.4) is 0 Å². The van der Waals surface area contributed by atoms with Crippen molar-refractivity contribution >= 4 is 24.5 Å². The summed E-state index contributed by atoms with van der Waals surface area (Å²) in [5.74, 6) is 0. The SMILES string of the molecule is O=CC/C=C/c1ccc(/C=C/c2ccccn2)cn1. The zero-order chi connectivity index (χ0) is 13.3. The van der Waals surface area contributed by atoms with Gasteiger partial charge in [-0.2, -0.15) is 0 Å². The lowest BCUT2D eigenvalue weighted by atomic mass is 10.2. The largest absolute Gasteiger partial charge is 0.303 e. The molecule has 0 amide bonds. The molecule has 0 radical (unpaired) electrons. The fourth-order valence-corrected chi connectivity index (χ4v) is 1.51. The molecule has 0 spiro atoms. The summed E-state index contributed by atoms with van der Waals surface area (Å²) in [6, 6.07) is 9.68. The van der Waals surface area contributed by atoms with Crippen LogP contribution in [-0.4, -0.2) is 16.3 Å². The van der Waals surface area contributed by atoms with Crippen molar-refractivity contribution < 1.29 is 4.79 Å². The molecule has 0 atom stereocenters. The maximum atomic E-state index is 10.2. The third-order valence-corrected chi connectivity index (χ3v) is 2.46. The highest BCUT2D eigenvalue weighted by molar-refractivity contribution is 5.67. The topological polar surface area (TPSA) is 42.9 Å². The molecular formula is C16H14N2O. The lowest BCUT2D eigenvalue weighted by Gasteiger charge is -1.95. The highest BCUT2D eigenvalue weighted by Crippen LogP contribution is 2.07. The first-order chi connectivity index (χ1) is 9.38. The number of pyridine rings is 2. The summed E-state index contributed by atoms with van der Waals surface area (Å²) in [5.41, 5.74) is 2.77. The number of hydrogen-bond donors (Lipinski definition) is 0. The van der Waals surface area contributed by atoms with Crippen molar-refractivity contribution in [2.24, 2.45) is 0 Å². The van der Waals surface area contributed by atoms with Gasteiger partial charge in [-0.3, -0.25) is 9.97 Å². The molecule has 0 N–H and O–H groups in total. The number of aromatic nitrogens is 2. The molecule has 3 nitrogen and oxygen atoms in total. The second-order valence-electron chi connectivity index (χ2n) is 3.91. The lowest BCUT2D eigenvalue weighted by molar-refractivity contribution is -0.107. The van der Waals surface area contributed by atoms with Crippen LogP contribution >= 0.6 is 0 Å². The molecule has 0 fully saturated rings. The maximum Gasteiger partial charge on any atom is 0.123 e. The van der Waals surface area contributed by atoms with Gasteiger partial charge in [-0.05, 0) is 35.9 Å². The molecule has 0 bridgehead atoms. The van der Waals surface area contributed by atoms with Gasteiger partial charge in [0.25, 0.3) is 0 Å². The predicted molar refractivity (Wildman–Crippen MR) is 77.1 cm³/mol. The molecule has 0 saturated carbocycles. The van der Waals surface area contributed by atoms with Gasteiger partial charge in [0.05, 0.1) is 11.4 Å². The highest BCUT2D eigenvalue weighted by Gasteiger charge is 1.90. The normalized spacial score (nSPS) is 11.2. The quantitative estimate of drug-likeness (QED) is 0.765. The molecule has 2 aromatic rings. The number of carbonyl (C=O) groups excluding carboxylic acids is 1. The van der Waals surface area contributed by atoms with E-state index in [-0.39, 0.29) is 0 Å². The van der Waals surface area contributed by atoms with Crippen molar-refractivity contribution in [3.63, 3.8) is 0 Å². The lowest BCUT2D eigenvalue weighted by Crippen LogP contribution is -1.82. The summed E-state index contributed by atoms with van der Waals surface area (Å²) >= 11 is 0. The van der Waals surface area contributed by atoms with Gasteiger partial charge in [0.2, 0.25) is 0 Å². The molecule has 0 aliphatic rings. The van der Waals surface area contributed by atoms with Crippen LogP contribution in [0.5, 0.6) is 0 Å². The van der Waals surface area contributed by atoms with E-state index < -0.39 is 0 Å². The molecule has 2 aromatic heterocycles. The molecule has 2 rings (SSSR count). The zero-order valence-corrected chi connectivity index (χ0v) is 10.4. The first-order valence-electron chi connectivity index (χ1n) is 6.04. The minimum Gasteiger partial charge on any atom is -0.303 e. The van der Waals surface area contributed by atoms with Crippen molar-refractivity contribution in [2.45, 2.75) is 6.42 Å². The first-order valence-corrected chi connectivity index (χ1v) is 6.04. The molecule has 19 heavy (non-hydrogen) atoms. The average Bonchev–Trinajstić information content (AvgIpc) is 2.48. The van der Waals surface area contributed by atoms with Crippen LogP contribution in [0.2, 0.25) is 0 Å². The van der Waals surface area contributed by atoms with E-state index in [1.807, 2.05) is 48.6 Å². The van der Waals surface area contributed by atoms with Crippen molar-refractivity contribution in [3.05, 3.63) is 65.8 Å². The van der Waals surface area contributed by atoms with Gasteiger partial charge in [-0.1, -0.05) is 24.3 Å². The summed E-state index contributed by atoms with van der Waals surface area (Å²) in [6.07, 6.45) is 12.4. The maximum absolute atomic E-state index is 10.2.